The molecule has 1 N–H and O–H groups in total. The number of benzene rings is 2. The average molecular weight is 346 g/mol. The van der Waals surface area contributed by atoms with Crippen LogP contribution in [0.5, 0.6) is 0 Å². The summed E-state index contributed by atoms with van der Waals surface area (Å²) in [5.41, 5.74) is 3.54. The van der Waals surface area contributed by atoms with E-state index in [4.69, 9.17) is 9.97 Å². The Labute approximate surface area is 155 Å². The lowest BCUT2D eigenvalue weighted by molar-refractivity contribution is 0.569. The minimum absolute atomic E-state index is 0.183. The van der Waals surface area contributed by atoms with E-state index in [9.17, 15) is 0 Å². The summed E-state index contributed by atoms with van der Waals surface area (Å²) in [6.45, 7) is 6.39. The van der Waals surface area contributed by atoms with Crippen LogP contribution in [0.2, 0.25) is 0 Å². The second-order valence-electron chi connectivity index (χ2n) is 7.21. The zero-order chi connectivity index (χ0) is 17.9. The van der Waals surface area contributed by atoms with Gasteiger partial charge < -0.3 is 10.2 Å². The third-order valence-electron chi connectivity index (χ3n) is 5.16. The Kier molecular flexibility index (Phi) is 4.74. The Bertz CT molecular complexity index is 882. The summed E-state index contributed by atoms with van der Waals surface area (Å²) >= 11 is 0. The summed E-state index contributed by atoms with van der Waals surface area (Å²) in [6, 6.07) is 17.1. The molecule has 1 atom stereocenters. The van der Waals surface area contributed by atoms with Crippen molar-refractivity contribution in [2.75, 3.05) is 23.3 Å². The maximum absolute atomic E-state index is 4.91. The van der Waals surface area contributed by atoms with Gasteiger partial charge in [0.2, 0.25) is 5.95 Å². The zero-order valence-corrected chi connectivity index (χ0v) is 15.6. The number of nitrogens with zero attached hydrogens (tertiary/aromatic N) is 3. The van der Waals surface area contributed by atoms with Crippen molar-refractivity contribution in [1.82, 2.24) is 9.97 Å². The predicted octanol–water partition coefficient (Wildman–Crippen LogP) is 5.10. The number of rotatable bonds is 4. The van der Waals surface area contributed by atoms with Crippen molar-refractivity contribution in [3.63, 3.8) is 0 Å². The van der Waals surface area contributed by atoms with Gasteiger partial charge in [-0.1, -0.05) is 42.0 Å². The van der Waals surface area contributed by atoms with Crippen LogP contribution in [0.1, 0.15) is 43.4 Å². The fourth-order valence-electron chi connectivity index (χ4n) is 3.55. The molecule has 1 aliphatic heterocycles. The smallest absolute Gasteiger partial charge is 0.227 e. The lowest BCUT2D eigenvalue weighted by atomic mass is 10.1. The normalized spacial score (nSPS) is 15.8. The summed E-state index contributed by atoms with van der Waals surface area (Å²) in [5.74, 6) is 1.77. The molecule has 4 rings (SSSR count). The highest BCUT2D eigenvalue weighted by Gasteiger charge is 2.17. The molecule has 26 heavy (non-hydrogen) atoms. The topological polar surface area (TPSA) is 41.1 Å². The van der Waals surface area contributed by atoms with Crippen molar-refractivity contribution in [2.45, 2.75) is 39.2 Å². The first-order valence-corrected chi connectivity index (χ1v) is 9.55. The number of aromatic nitrogens is 2. The van der Waals surface area contributed by atoms with Gasteiger partial charge in [0.1, 0.15) is 5.82 Å². The second-order valence-corrected chi connectivity index (χ2v) is 7.21. The number of fused-ring (bicyclic) bond motifs is 1. The molecule has 0 aliphatic carbocycles. The molecule has 1 aliphatic rings. The van der Waals surface area contributed by atoms with E-state index in [1.807, 2.05) is 12.1 Å². The molecule has 0 bridgehead atoms. The van der Waals surface area contributed by atoms with Gasteiger partial charge >= 0.3 is 0 Å². The van der Waals surface area contributed by atoms with Crippen LogP contribution < -0.4 is 10.2 Å². The van der Waals surface area contributed by atoms with Crippen LogP contribution in [0, 0.1) is 6.92 Å². The van der Waals surface area contributed by atoms with Crippen LogP contribution in [-0.4, -0.2) is 23.1 Å². The third-order valence-corrected chi connectivity index (χ3v) is 5.16. The maximum Gasteiger partial charge on any atom is 0.227 e. The molecule has 1 saturated heterocycles. The number of nitrogens with one attached hydrogen (secondary N) is 1. The molecule has 134 valence electrons. The van der Waals surface area contributed by atoms with Gasteiger partial charge in [-0.15, -0.1) is 0 Å². The van der Waals surface area contributed by atoms with Gasteiger partial charge in [0.05, 0.1) is 5.52 Å². The Morgan fingerprint density at radius 2 is 1.65 bits per heavy atom. The van der Waals surface area contributed by atoms with E-state index in [2.05, 4.69) is 60.5 Å². The molecule has 4 nitrogen and oxygen atoms in total. The summed E-state index contributed by atoms with van der Waals surface area (Å²) < 4.78 is 0. The van der Waals surface area contributed by atoms with E-state index < -0.39 is 0 Å². The highest BCUT2D eigenvalue weighted by atomic mass is 15.3. The SMILES string of the molecule is Cc1ccc([C@@H](C)Nc2nc(N3CCCCC3)nc3ccccc23)cc1. The number of anilines is 2. The highest BCUT2D eigenvalue weighted by molar-refractivity contribution is 5.90. The predicted molar refractivity (Wildman–Crippen MR) is 109 cm³/mol. The Morgan fingerprint density at radius 1 is 0.923 bits per heavy atom. The van der Waals surface area contributed by atoms with Gasteiger partial charge in [0.15, 0.2) is 0 Å². The van der Waals surface area contributed by atoms with Gasteiger partial charge in [-0.05, 0) is 50.8 Å². The van der Waals surface area contributed by atoms with Crippen molar-refractivity contribution in [2.24, 2.45) is 0 Å². The number of para-hydroxylation sites is 1. The molecule has 2 heterocycles. The van der Waals surface area contributed by atoms with Crippen LogP contribution in [-0.2, 0) is 0 Å². The van der Waals surface area contributed by atoms with Crippen molar-refractivity contribution >= 4 is 22.7 Å². The van der Waals surface area contributed by atoms with E-state index in [1.54, 1.807) is 0 Å². The Balaban J connectivity index is 1.69. The van der Waals surface area contributed by atoms with Gasteiger partial charge in [-0.25, -0.2) is 4.98 Å². The van der Waals surface area contributed by atoms with Crippen LogP contribution in [0.3, 0.4) is 0 Å². The number of aryl methyl sites for hydroxylation is 1. The monoisotopic (exact) mass is 346 g/mol. The van der Waals surface area contributed by atoms with E-state index in [0.29, 0.717) is 0 Å². The lowest BCUT2D eigenvalue weighted by Gasteiger charge is -2.27. The first kappa shape index (κ1) is 16.8. The molecular weight excluding hydrogens is 320 g/mol. The summed E-state index contributed by atoms with van der Waals surface area (Å²) in [5, 5.41) is 4.70. The van der Waals surface area contributed by atoms with Crippen molar-refractivity contribution in [3.8, 4) is 0 Å². The molecule has 0 spiro atoms. The van der Waals surface area contributed by atoms with E-state index in [0.717, 1.165) is 35.8 Å². The zero-order valence-electron chi connectivity index (χ0n) is 15.6. The number of piperidine rings is 1. The molecule has 0 amide bonds. The average Bonchev–Trinajstić information content (AvgIpc) is 2.69. The van der Waals surface area contributed by atoms with Gasteiger partial charge in [0.25, 0.3) is 0 Å². The number of hydrogen-bond donors (Lipinski definition) is 1. The fraction of sp³-hybridized carbons (Fsp3) is 0.364. The van der Waals surface area contributed by atoms with Crippen LogP contribution >= 0.6 is 0 Å². The molecule has 4 heteroatoms. The van der Waals surface area contributed by atoms with Crippen molar-refractivity contribution in [3.05, 3.63) is 59.7 Å². The van der Waals surface area contributed by atoms with E-state index >= 15 is 0 Å². The first-order valence-electron chi connectivity index (χ1n) is 9.55. The quantitative estimate of drug-likeness (QED) is 0.713. The van der Waals surface area contributed by atoms with Gasteiger partial charge in [-0.3, -0.25) is 0 Å². The molecule has 1 aromatic heterocycles. The number of hydrogen-bond acceptors (Lipinski definition) is 4. The largest absolute Gasteiger partial charge is 0.363 e. The fourth-order valence-corrected chi connectivity index (χ4v) is 3.55. The first-order chi connectivity index (χ1) is 12.7. The minimum Gasteiger partial charge on any atom is -0.363 e. The summed E-state index contributed by atoms with van der Waals surface area (Å²) in [4.78, 5) is 12.1. The Hall–Kier alpha value is -2.62. The van der Waals surface area contributed by atoms with Crippen LogP contribution in [0.4, 0.5) is 11.8 Å². The Morgan fingerprint density at radius 3 is 2.42 bits per heavy atom. The van der Waals surface area contributed by atoms with E-state index in [-0.39, 0.29) is 6.04 Å². The van der Waals surface area contributed by atoms with Gasteiger partial charge in [-0.2, -0.15) is 4.98 Å². The van der Waals surface area contributed by atoms with Crippen LogP contribution in [0.25, 0.3) is 10.9 Å². The van der Waals surface area contributed by atoms with Crippen LogP contribution in [0.15, 0.2) is 48.5 Å². The second kappa shape index (κ2) is 7.32. The molecule has 0 radical (unpaired) electrons. The van der Waals surface area contributed by atoms with E-state index in [1.165, 1.54) is 30.4 Å². The maximum atomic E-state index is 4.91. The molecule has 2 aromatic carbocycles. The highest BCUT2D eigenvalue weighted by Crippen LogP contribution is 2.28. The lowest BCUT2D eigenvalue weighted by Crippen LogP contribution is -2.31. The molecule has 1 fully saturated rings. The summed E-state index contributed by atoms with van der Waals surface area (Å²) in [6.07, 6.45) is 3.75. The molecule has 3 aromatic rings. The standard InChI is InChI=1S/C22H26N4/c1-16-10-12-18(13-11-16)17(2)23-21-19-8-4-5-9-20(19)24-22(25-21)26-14-6-3-7-15-26/h4-5,8-13,17H,3,6-7,14-15H2,1-2H3,(H,23,24,25)/t17-/m1/s1. The third kappa shape index (κ3) is 3.50. The van der Waals surface area contributed by atoms with Crippen molar-refractivity contribution < 1.29 is 0 Å². The molecular formula is C22H26N4. The summed E-state index contributed by atoms with van der Waals surface area (Å²) in [7, 11) is 0. The van der Waals surface area contributed by atoms with Gasteiger partial charge in [0, 0.05) is 24.5 Å². The van der Waals surface area contributed by atoms with Crippen molar-refractivity contribution in [1.29, 1.82) is 0 Å². The molecule has 0 unspecified atom stereocenters. The molecule has 0 saturated carbocycles. The minimum atomic E-state index is 0.183.